The van der Waals surface area contributed by atoms with Crippen molar-refractivity contribution in [2.45, 2.75) is 19.3 Å². The van der Waals surface area contributed by atoms with E-state index in [-0.39, 0.29) is 11.1 Å². The van der Waals surface area contributed by atoms with Crippen molar-refractivity contribution in [3.05, 3.63) is 52.1 Å². The Labute approximate surface area is 167 Å². The summed E-state index contributed by atoms with van der Waals surface area (Å²) in [5.74, 6) is 0.945. The number of likely N-dealkylation sites (tertiary alicyclic amines) is 1. The minimum atomic E-state index is -0.253. The number of furan rings is 1. The first-order valence-corrected chi connectivity index (χ1v) is 10.1. The van der Waals surface area contributed by atoms with Gasteiger partial charge in [0.05, 0.1) is 11.6 Å². The van der Waals surface area contributed by atoms with Crippen molar-refractivity contribution in [2.24, 2.45) is 0 Å². The minimum Gasteiger partial charge on any atom is -0.457 e. The molecule has 2 aliphatic heterocycles. The van der Waals surface area contributed by atoms with Crippen LogP contribution in [0.1, 0.15) is 25.0 Å². The third-order valence-electron chi connectivity index (χ3n) is 4.67. The van der Waals surface area contributed by atoms with Crippen molar-refractivity contribution in [3.63, 3.8) is 0 Å². The van der Waals surface area contributed by atoms with E-state index in [1.54, 1.807) is 18.2 Å². The second kappa shape index (κ2) is 7.92. The van der Waals surface area contributed by atoms with Gasteiger partial charge in [0, 0.05) is 16.7 Å². The fraction of sp³-hybridized carbons (Fsp3) is 0.300. The Morgan fingerprint density at radius 3 is 2.70 bits per heavy atom. The number of benzene rings is 1. The molecule has 0 radical (unpaired) electrons. The Morgan fingerprint density at radius 2 is 1.93 bits per heavy atom. The van der Waals surface area contributed by atoms with Crippen LogP contribution < -0.4 is 0 Å². The molecule has 140 valence electrons. The molecule has 5 nitrogen and oxygen atoms in total. The molecule has 4 rings (SSSR count). The van der Waals surface area contributed by atoms with Crippen LogP contribution in [0.15, 0.2) is 45.7 Å². The average Bonchev–Trinajstić information content (AvgIpc) is 3.23. The van der Waals surface area contributed by atoms with E-state index in [1.807, 2.05) is 24.3 Å². The fourth-order valence-electron chi connectivity index (χ4n) is 3.28. The molecular formula is C20H19ClN2O3S. The van der Waals surface area contributed by atoms with Crippen LogP contribution in [-0.4, -0.2) is 40.7 Å². The Bertz CT molecular complexity index is 902. The van der Waals surface area contributed by atoms with Crippen LogP contribution >= 0.6 is 23.4 Å². The highest BCUT2D eigenvalue weighted by molar-refractivity contribution is 8.18. The molecule has 0 aliphatic carbocycles. The van der Waals surface area contributed by atoms with E-state index in [1.165, 1.54) is 11.3 Å². The summed E-state index contributed by atoms with van der Waals surface area (Å²) in [7, 11) is 0. The van der Waals surface area contributed by atoms with Gasteiger partial charge < -0.3 is 4.42 Å². The number of hydrogen-bond donors (Lipinski definition) is 0. The van der Waals surface area contributed by atoms with E-state index < -0.39 is 0 Å². The predicted octanol–water partition coefficient (Wildman–Crippen LogP) is 5.08. The van der Waals surface area contributed by atoms with Gasteiger partial charge in [-0.2, -0.15) is 0 Å². The third-order valence-corrected chi connectivity index (χ3v) is 5.82. The van der Waals surface area contributed by atoms with Crippen LogP contribution in [-0.2, 0) is 4.79 Å². The fourth-order valence-corrected chi connectivity index (χ4v) is 4.28. The lowest BCUT2D eigenvalue weighted by molar-refractivity contribution is -0.124. The lowest BCUT2D eigenvalue weighted by Gasteiger charge is -2.29. The van der Waals surface area contributed by atoms with Crippen molar-refractivity contribution >= 4 is 40.6 Å². The molecule has 0 atom stereocenters. The van der Waals surface area contributed by atoms with E-state index in [9.17, 15) is 9.59 Å². The first kappa shape index (κ1) is 18.3. The molecule has 1 aromatic heterocycles. The van der Waals surface area contributed by atoms with Crippen LogP contribution in [0.5, 0.6) is 0 Å². The maximum Gasteiger partial charge on any atom is 0.294 e. The number of piperidine rings is 1. The highest BCUT2D eigenvalue weighted by atomic mass is 35.5. The largest absolute Gasteiger partial charge is 0.457 e. The molecule has 3 heterocycles. The monoisotopic (exact) mass is 402 g/mol. The van der Waals surface area contributed by atoms with Gasteiger partial charge in [-0.1, -0.05) is 30.2 Å². The van der Waals surface area contributed by atoms with Gasteiger partial charge in [0.1, 0.15) is 11.5 Å². The number of carbonyl (C=O) groups excluding carboxylic acids is 2. The van der Waals surface area contributed by atoms with Gasteiger partial charge in [0.2, 0.25) is 0 Å². The Balaban J connectivity index is 1.49. The standard InChI is InChI=1S/C20H19ClN2O3S/c21-15-6-4-5-14(11-15)17-8-7-16(26-17)12-18-19(24)23(20(25)27-18)13-22-9-2-1-3-10-22/h4-8,11-12H,1-3,9-10,13H2/b18-12-. The molecule has 7 heteroatoms. The van der Waals surface area contributed by atoms with E-state index in [4.69, 9.17) is 16.0 Å². The minimum absolute atomic E-state index is 0.224. The van der Waals surface area contributed by atoms with E-state index in [0.29, 0.717) is 28.1 Å². The van der Waals surface area contributed by atoms with Gasteiger partial charge in [-0.25, -0.2) is 0 Å². The second-order valence-electron chi connectivity index (χ2n) is 6.64. The van der Waals surface area contributed by atoms with Gasteiger partial charge in [-0.3, -0.25) is 19.4 Å². The molecule has 2 aliphatic rings. The van der Waals surface area contributed by atoms with Gasteiger partial charge in [-0.05, 0) is 62.0 Å². The summed E-state index contributed by atoms with van der Waals surface area (Å²) >= 11 is 6.99. The van der Waals surface area contributed by atoms with Crippen molar-refractivity contribution in [1.82, 2.24) is 9.80 Å². The third kappa shape index (κ3) is 4.13. The first-order valence-electron chi connectivity index (χ1n) is 8.94. The van der Waals surface area contributed by atoms with Crippen LogP contribution in [0.25, 0.3) is 17.4 Å². The Hall–Kier alpha value is -2.02. The number of thioether (sulfide) groups is 1. The van der Waals surface area contributed by atoms with Crippen LogP contribution in [0.2, 0.25) is 5.02 Å². The summed E-state index contributed by atoms with van der Waals surface area (Å²) in [6.07, 6.45) is 5.08. The topological polar surface area (TPSA) is 53.8 Å². The number of amides is 2. The van der Waals surface area contributed by atoms with Gasteiger partial charge in [0.15, 0.2) is 0 Å². The second-order valence-corrected chi connectivity index (χ2v) is 8.07. The van der Waals surface area contributed by atoms with Crippen LogP contribution in [0.3, 0.4) is 0 Å². The van der Waals surface area contributed by atoms with Crippen molar-refractivity contribution in [1.29, 1.82) is 0 Å². The van der Waals surface area contributed by atoms with Crippen LogP contribution in [0, 0.1) is 0 Å². The van der Waals surface area contributed by atoms with Crippen molar-refractivity contribution in [3.8, 4) is 11.3 Å². The molecule has 0 spiro atoms. The molecule has 0 unspecified atom stereocenters. The van der Waals surface area contributed by atoms with Gasteiger partial charge >= 0.3 is 0 Å². The predicted molar refractivity (Wildman–Crippen MR) is 107 cm³/mol. The number of imide groups is 1. The lowest BCUT2D eigenvalue weighted by Crippen LogP contribution is -2.42. The lowest BCUT2D eigenvalue weighted by atomic mass is 10.1. The molecule has 2 aromatic rings. The maximum atomic E-state index is 12.6. The molecule has 27 heavy (non-hydrogen) atoms. The maximum absolute atomic E-state index is 12.6. The molecular weight excluding hydrogens is 384 g/mol. The SMILES string of the molecule is O=C1S/C(=C\c2ccc(-c3cccc(Cl)c3)o2)C(=O)N1CN1CCCCC1. The summed E-state index contributed by atoms with van der Waals surface area (Å²) in [5, 5.41) is 0.405. The van der Waals surface area contributed by atoms with Crippen molar-refractivity contribution in [2.75, 3.05) is 19.8 Å². The highest BCUT2D eigenvalue weighted by Crippen LogP contribution is 2.34. The number of carbonyl (C=O) groups is 2. The molecule has 0 saturated carbocycles. The summed E-state index contributed by atoms with van der Waals surface area (Å²) in [6.45, 7) is 2.23. The normalized spacial score (nSPS) is 20.0. The summed E-state index contributed by atoms with van der Waals surface area (Å²) < 4.78 is 5.81. The van der Waals surface area contributed by atoms with E-state index in [2.05, 4.69) is 4.90 Å². The number of halogens is 1. The molecule has 0 bridgehead atoms. The van der Waals surface area contributed by atoms with Crippen molar-refractivity contribution < 1.29 is 14.0 Å². The number of rotatable bonds is 4. The number of hydrogen-bond acceptors (Lipinski definition) is 5. The van der Waals surface area contributed by atoms with Crippen LogP contribution in [0.4, 0.5) is 4.79 Å². The van der Waals surface area contributed by atoms with Gasteiger partial charge in [0.25, 0.3) is 11.1 Å². The van der Waals surface area contributed by atoms with E-state index in [0.717, 1.165) is 43.3 Å². The first-order chi connectivity index (χ1) is 13.1. The summed E-state index contributed by atoms with van der Waals surface area (Å²) in [4.78, 5) is 28.8. The molecule has 2 fully saturated rings. The average molecular weight is 403 g/mol. The smallest absolute Gasteiger partial charge is 0.294 e. The number of nitrogens with zero attached hydrogens (tertiary/aromatic N) is 2. The van der Waals surface area contributed by atoms with Gasteiger partial charge in [-0.15, -0.1) is 0 Å². The summed E-state index contributed by atoms with van der Waals surface area (Å²) in [6, 6.07) is 11.0. The molecule has 1 aromatic carbocycles. The Kier molecular flexibility index (Phi) is 5.38. The summed E-state index contributed by atoms with van der Waals surface area (Å²) in [5.41, 5.74) is 0.861. The molecule has 0 N–H and O–H groups in total. The zero-order valence-electron chi connectivity index (χ0n) is 14.7. The highest BCUT2D eigenvalue weighted by Gasteiger charge is 2.36. The van der Waals surface area contributed by atoms with E-state index >= 15 is 0 Å². The molecule has 2 amide bonds. The quantitative estimate of drug-likeness (QED) is 0.667. The molecule has 2 saturated heterocycles. The zero-order chi connectivity index (χ0) is 18.8. The Morgan fingerprint density at radius 1 is 1.11 bits per heavy atom. The zero-order valence-corrected chi connectivity index (χ0v) is 16.3.